The first-order valence-corrected chi connectivity index (χ1v) is 7.37. The van der Waals surface area contributed by atoms with Gasteiger partial charge < -0.3 is 10.6 Å². The zero-order valence-corrected chi connectivity index (χ0v) is 12.9. The average molecular weight is 317 g/mol. The molecule has 0 bridgehead atoms. The predicted octanol–water partition coefficient (Wildman–Crippen LogP) is 1.93. The number of rotatable bonds is 3. The van der Waals surface area contributed by atoms with E-state index in [1.165, 1.54) is 0 Å². The van der Waals surface area contributed by atoms with Crippen LogP contribution in [0.5, 0.6) is 0 Å². The van der Waals surface area contributed by atoms with Crippen LogP contribution in [0, 0.1) is 6.92 Å². The molecule has 1 aliphatic heterocycles. The first kappa shape index (κ1) is 15.5. The third-order valence-electron chi connectivity index (χ3n) is 3.21. The molecule has 1 aromatic rings. The lowest BCUT2D eigenvalue weighted by Gasteiger charge is -2.19. The number of aromatic nitrogens is 1. The summed E-state index contributed by atoms with van der Waals surface area (Å²) in [6.07, 6.45) is 1.05. The van der Waals surface area contributed by atoms with Crippen LogP contribution in [0.3, 0.4) is 0 Å². The Morgan fingerprint density at radius 3 is 3.00 bits per heavy atom. The molecule has 0 atom stereocenters. The van der Waals surface area contributed by atoms with E-state index in [9.17, 15) is 4.79 Å². The Morgan fingerprint density at radius 1 is 1.45 bits per heavy atom. The van der Waals surface area contributed by atoms with Crippen LogP contribution in [0.2, 0.25) is 10.3 Å². The highest BCUT2D eigenvalue weighted by Crippen LogP contribution is 2.26. The summed E-state index contributed by atoms with van der Waals surface area (Å²) in [4.78, 5) is 18.2. The van der Waals surface area contributed by atoms with Crippen molar-refractivity contribution in [3.63, 3.8) is 0 Å². The van der Waals surface area contributed by atoms with Crippen molar-refractivity contribution in [2.24, 2.45) is 0 Å². The summed E-state index contributed by atoms with van der Waals surface area (Å²) < 4.78 is 0. The van der Waals surface area contributed by atoms with Gasteiger partial charge in [0, 0.05) is 13.1 Å². The molecule has 0 aromatic carbocycles. The summed E-state index contributed by atoms with van der Waals surface area (Å²) in [7, 11) is 0. The quantitative estimate of drug-likeness (QED) is 0.837. The van der Waals surface area contributed by atoms with Crippen molar-refractivity contribution in [2.75, 3.05) is 38.0 Å². The van der Waals surface area contributed by atoms with Gasteiger partial charge in [-0.1, -0.05) is 23.2 Å². The normalized spacial score (nSPS) is 16.8. The molecule has 0 saturated carbocycles. The Bertz CT molecular complexity index is 464. The lowest BCUT2D eigenvalue weighted by molar-refractivity contribution is -0.117. The van der Waals surface area contributed by atoms with Gasteiger partial charge in [-0.05, 0) is 38.1 Å². The second-order valence-corrected chi connectivity index (χ2v) is 5.60. The number of nitrogens with zero attached hydrogens (tertiary/aromatic N) is 2. The monoisotopic (exact) mass is 316 g/mol. The van der Waals surface area contributed by atoms with Gasteiger partial charge in [0.25, 0.3) is 0 Å². The van der Waals surface area contributed by atoms with E-state index in [4.69, 9.17) is 23.2 Å². The number of amides is 1. The zero-order chi connectivity index (χ0) is 14.5. The van der Waals surface area contributed by atoms with E-state index < -0.39 is 0 Å². The van der Waals surface area contributed by atoms with E-state index >= 15 is 0 Å². The van der Waals surface area contributed by atoms with E-state index in [-0.39, 0.29) is 11.1 Å². The molecule has 0 radical (unpaired) electrons. The van der Waals surface area contributed by atoms with Crippen LogP contribution >= 0.6 is 23.2 Å². The van der Waals surface area contributed by atoms with Gasteiger partial charge in [0.15, 0.2) is 5.15 Å². The van der Waals surface area contributed by atoms with Gasteiger partial charge in [-0.3, -0.25) is 9.69 Å². The number of carbonyl (C=O) groups excluding carboxylic acids is 1. The minimum atomic E-state index is -0.0824. The maximum Gasteiger partial charge on any atom is 0.238 e. The van der Waals surface area contributed by atoms with Gasteiger partial charge >= 0.3 is 0 Å². The van der Waals surface area contributed by atoms with Crippen LogP contribution < -0.4 is 10.6 Å². The van der Waals surface area contributed by atoms with Crippen LogP contribution in [0.4, 0.5) is 5.69 Å². The first-order chi connectivity index (χ1) is 9.56. The van der Waals surface area contributed by atoms with Gasteiger partial charge in [0.2, 0.25) is 5.91 Å². The fourth-order valence-corrected chi connectivity index (χ4v) is 2.77. The van der Waals surface area contributed by atoms with Gasteiger partial charge in [0.1, 0.15) is 5.15 Å². The molecule has 1 saturated heterocycles. The van der Waals surface area contributed by atoms with Crippen molar-refractivity contribution < 1.29 is 4.79 Å². The fourth-order valence-electron chi connectivity index (χ4n) is 2.19. The molecular formula is C13H18Cl2N4O. The van der Waals surface area contributed by atoms with Gasteiger partial charge in [-0.2, -0.15) is 0 Å². The lowest BCUT2D eigenvalue weighted by Crippen LogP contribution is -2.35. The summed E-state index contributed by atoms with van der Waals surface area (Å²) in [5.41, 5.74) is 1.34. The molecule has 1 fully saturated rings. The molecule has 5 nitrogen and oxygen atoms in total. The minimum absolute atomic E-state index is 0.0824. The molecule has 110 valence electrons. The molecule has 2 N–H and O–H groups in total. The van der Waals surface area contributed by atoms with Crippen molar-refractivity contribution in [1.29, 1.82) is 0 Å². The SMILES string of the molecule is Cc1cc(Cl)nc(Cl)c1NC(=O)CN1CCCNCC1. The molecule has 0 aliphatic carbocycles. The smallest absolute Gasteiger partial charge is 0.238 e. The number of anilines is 1. The van der Waals surface area contributed by atoms with Crippen molar-refractivity contribution in [1.82, 2.24) is 15.2 Å². The molecular weight excluding hydrogens is 299 g/mol. The van der Waals surface area contributed by atoms with Crippen LogP contribution in [-0.4, -0.2) is 48.5 Å². The van der Waals surface area contributed by atoms with Crippen LogP contribution in [0.15, 0.2) is 6.07 Å². The summed E-state index contributed by atoms with van der Waals surface area (Å²) in [5, 5.41) is 6.67. The van der Waals surface area contributed by atoms with E-state index in [1.54, 1.807) is 6.07 Å². The second kappa shape index (κ2) is 7.22. The average Bonchev–Trinajstić information content (AvgIpc) is 2.62. The lowest BCUT2D eigenvalue weighted by atomic mass is 10.2. The number of nitrogens with one attached hydrogen (secondary N) is 2. The highest BCUT2D eigenvalue weighted by atomic mass is 35.5. The van der Waals surface area contributed by atoms with Gasteiger partial charge in [0.05, 0.1) is 12.2 Å². The molecule has 20 heavy (non-hydrogen) atoms. The summed E-state index contributed by atoms with van der Waals surface area (Å²) in [5.74, 6) is -0.0824. The number of hydrogen-bond donors (Lipinski definition) is 2. The van der Waals surface area contributed by atoms with Crippen LogP contribution in [0.1, 0.15) is 12.0 Å². The Balaban J connectivity index is 1.97. The summed E-state index contributed by atoms with van der Waals surface area (Å²) in [6, 6.07) is 1.68. The number of aryl methyl sites for hydroxylation is 1. The molecule has 1 aromatic heterocycles. The Morgan fingerprint density at radius 2 is 2.25 bits per heavy atom. The Labute approximate surface area is 128 Å². The second-order valence-electron chi connectivity index (χ2n) is 4.86. The Hall–Kier alpha value is -0.880. The largest absolute Gasteiger partial charge is 0.322 e. The van der Waals surface area contributed by atoms with Crippen molar-refractivity contribution >= 4 is 34.8 Å². The van der Waals surface area contributed by atoms with E-state index in [0.29, 0.717) is 17.4 Å². The highest BCUT2D eigenvalue weighted by Gasteiger charge is 2.15. The number of hydrogen-bond acceptors (Lipinski definition) is 4. The van der Waals surface area contributed by atoms with Crippen molar-refractivity contribution in [2.45, 2.75) is 13.3 Å². The van der Waals surface area contributed by atoms with E-state index in [0.717, 1.165) is 38.2 Å². The number of pyridine rings is 1. The van der Waals surface area contributed by atoms with Crippen molar-refractivity contribution in [3.8, 4) is 0 Å². The molecule has 1 amide bonds. The predicted molar refractivity (Wildman–Crippen MR) is 81.6 cm³/mol. The van der Waals surface area contributed by atoms with E-state index in [2.05, 4.69) is 20.5 Å². The molecule has 0 unspecified atom stereocenters. The maximum absolute atomic E-state index is 12.1. The van der Waals surface area contributed by atoms with Crippen LogP contribution in [-0.2, 0) is 4.79 Å². The molecule has 1 aliphatic rings. The Kier molecular flexibility index (Phi) is 5.60. The van der Waals surface area contributed by atoms with Gasteiger partial charge in [-0.25, -0.2) is 4.98 Å². The van der Waals surface area contributed by atoms with Crippen molar-refractivity contribution in [3.05, 3.63) is 21.9 Å². The standard InChI is InChI=1S/C13H18Cl2N4O/c1-9-7-10(14)17-13(15)12(9)18-11(20)8-19-5-2-3-16-4-6-19/h7,16H,2-6,8H2,1H3,(H,18,20). The number of halogens is 2. The molecule has 0 spiro atoms. The van der Waals surface area contributed by atoms with Gasteiger partial charge in [-0.15, -0.1) is 0 Å². The molecule has 2 rings (SSSR count). The fraction of sp³-hybridized carbons (Fsp3) is 0.538. The first-order valence-electron chi connectivity index (χ1n) is 6.62. The molecule has 7 heteroatoms. The summed E-state index contributed by atoms with van der Waals surface area (Å²) in [6.45, 7) is 5.91. The summed E-state index contributed by atoms with van der Waals surface area (Å²) >= 11 is 11.8. The number of carbonyl (C=O) groups is 1. The van der Waals surface area contributed by atoms with Crippen LogP contribution in [0.25, 0.3) is 0 Å². The highest BCUT2D eigenvalue weighted by molar-refractivity contribution is 6.34. The topological polar surface area (TPSA) is 57.3 Å². The third-order valence-corrected chi connectivity index (χ3v) is 3.67. The molecule has 2 heterocycles. The maximum atomic E-state index is 12.1. The third kappa shape index (κ3) is 4.31. The van der Waals surface area contributed by atoms with E-state index in [1.807, 2.05) is 6.92 Å². The minimum Gasteiger partial charge on any atom is -0.322 e. The zero-order valence-electron chi connectivity index (χ0n) is 11.4.